The number of nitrogens with one attached hydrogen (secondary N) is 1. The van der Waals surface area contributed by atoms with Crippen molar-refractivity contribution in [1.29, 1.82) is 5.26 Å². The second-order valence-corrected chi connectivity index (χ2v) is 5.87. The highest BCUT2D eigenvalue weighted by Crippen LogP contribution is 2.20. The first kappa shape index (κ1) is 13.9. The molecule has 0 radical (unpaired) electrons. The Hall–Kier alpha value is -1.48. The van der Waals surface area contributed by atoms with Crippen LogP contribution in [0.5, 0.6) is 0 Å². The summed E-state index contributed by atoms with van der Waals surface area (Å²) in [6.07, 6.45) is 0. The summed E-state index contributed by atoms with van der Waals surface area (Å²) < 4.78 is 3.17. The first-order chi connectivity index (χ1) is 9.02. The summed E-state index contributed by atoms with van der Waals surface area (Å²) in [5.41, 5.74) is 5.38. The van der Waals surface area contributed by atoms with Crippen LogP contribution in [-0.4, -0.2) is 4.57 Å². The van der Waals surface area contributed by atoms with Gasteiger partial charge < -0.3 is 9.88 Å². The number of halogens is 1. The molecule has 0 unspecified atom stereocenters. The molecule has 4 heteroatoms. The van der Waals surface area contributed by atoms with E-state index in [1.165, 1.54) is 9.13 Å². The lowest BCUT2D eigenvalue weighted by Gasteiger charge is -2.10. The predicted molar refractivity (Wildman–Crippen MR) is 86.1 cm³/mol. The fourth-order valence-corrected chi connectivity index (χ4v) is 2.71. The van der Waals surface area contributed by atoms with Gasteiger partial charge in [-0.25, -0.2) is 0 Å². The van der Waals surface area contributed by atoms with Crippen molar-refractivity contribution >= 4 is 28.3 Å². The van der Waals surface area contributed by atoms with Crippen molar-refractivity contribution < 1.29 is 0 Å². The lowest BCUT2D eigenvalue weighted by Crippen LogP contribution is -2.02. The molecule has 19 heavy (non-hydrogen) atoms. The number of nitrogens with zero attached hydrogens (tertiary/aromatic N) is 2. The van der Waals surface area contributed by atoms with Crippen LogP contribution < -0.4 is 5.32 Å². The molecule has 2 rings (SSSR count). The summed E-state index contributed by atoms with van der Waals surface area (Å²) in [5.74, 6) is 0. The minimum absolute atomic E-state index is 0.702. The summed E-state index contributed by atoms with van der Waals surface area (Å²) >= 11 is 2.31. The zero-order valence-electron chi connectivity index (χ0n) is 11.3. The molecule has 1 aromatic heterocycles. The number of anilines is 1. The van der Waals surface area contributed by atoms with E-state index in [2.05, 4.69) is 59.1 Å². The Labute approximate surface area is 127 Å². The molecule has 0 aliphatic rings. The molecular formula is C15H16IN3. The van der Waals surface area contributed by atoms with Crippen molar-refractivity contribution in [2.24, 2.45) is 7.05 Å². The molecule has 0 amide bonds. The van der Waals surface area contributed by atoms with E-state index in [1.807, 2.05) is 24.6 Å². The van der Waals surface area contributed by atoms with Gasteiger partial charge in [0, 0.05) is 28.5 Å². The monoisotopic (exact) mass is 365 g/mol. The van der Waals surface area contributed by atoms with Crippen LogP contribution in [0.3, 0.4) is 0 Å². The number of nitriles is 1. The van der Waals surface area contributed by atoms with Crippen molar-refractivity contribution in [3.05, 3.63) is 50.4 Å². The Bertz CT molecular complexity index is 650. The SMILES string of the molecule is Cc1cc(I)ccc1NCc1cc(C#N)n(C)c1C. The average molecular weight is 365 g/mol. The third-order valence-electron chi connectivity index (χ3n) is 3.41. The van der Waals surface area contributed by atoms with Gasteiger partial charge in [0.15, 0.2) is 0 Å². The van der Waals surface area contributed by atoms with E-state index in [-0.39, 0.29) is 0 Å². The highest BCUT2D eigenvalue weighted by Gasteiger charge is 2.08. The van der Waals surface area contributed by atoms with E-state index in [9.17, 15) is 0 Å². The zero-order valence-corrected chi connectivity index (χ0v) is 13.4. The molecule has 1 aromatic carbocycles. The van der Waals surface area contributed by atoms with E-state index in [1.54, 1.807) is 0 Å². The first-order valence-electron chi connectivity index (χ1n) is 6.08. The molecular weight excluding hydrogens is 349 g/mol. The third-order valence-corrected chi connectivity index (χ3v) is 4.08. The van der Waals surface area contributed by atoms with Crippen molar-refractivity contribution in [1.82, 2.24) is 4.57 Å². The van der Waals surface area contributed by atoms with Gasteiger partial charge in [0.05, 0.1) is 0 Å². The maximum atomic E-state index is 9.02. The molecule has 2 aromatic rings. The summed E-state index contributed by atoms with van der Waals surface area (Å²) in [5, 5.41) is 12.5. The number of hydrogen-bond acceptors (Lipinski definition) is 2. The molecule has 0 saturated carbocycles. The highest BCUT2D eigenvalue weighted by molar-refractivity contribution is 14.1. The van der Waals surface area contributed by atoms with Crippen LogP contribution in [0.2, 0.25) is 0 Å². The summed E-state index contributed by atoms with van der Waals surface area (Å²) in [4.78, 5) is 0. The largest absolute Gasteiger partial charge is 0.381 e. The van der Waals surface area contributed by atoms with Crippen LogP contribution in [0, 0.1) is 28.7 Å². The van der Waals surface area contributed by atoms with E-state index in [0.29, 0.717) is 5.69 Å². The van der Waals surface area contributed by atoms with Gasteiger partial charge in [0.25, 0.3) is 0 Å². The standard InChI is InChI=1S/C15H16IN3/c1-10-6-13(16)4-5-15(10)18-9-12-7-14(8-17)19(3)11(12)2/h4-7,18H,9H2,1-3H3. The normalized spacial score (nSPS) is 10.3. The van der Waals surface area contributed by atoms with Crippen molar-refractivity contribution in [2.45, 2.75) is 20.4 Å². The van der Waals surface area contributed by atoms with Crippen LogP contribution in [0.1, 0.15) is 22.5 Å². The molecule has 1 heterocycles. The number of rotatable bonds is 3. The Balaban J connectivity index is 2.17. The smallest absolute Gasteiger partial charge is 0.120 e. The molecule has 0 aliphatic carbocycles. The van der Waals surface area contributed by atoms with Gasteiger partial charge in [-0.05, 0) is 71.8 Å². The van der Waals surface area contributed by atoms with Crippen LogP contribution >= 0.6 is 22.6 Å². The number of benzene rings is 1. The van der Waals surface area contributed by atoms with Crippen LogP contribution in [0.15, 0.2) is 24.3 Å². The van der Waals surface area contributed by atoms with E-state index >= 15 is 0 Å². The molecule has 0 atom stereocenters. The van der Waals surface area contributed by atoms with E-state index < -0.39 is 0 Å². The number of hydrogen-bond donors (Lipinski definition) is 1. The molecule has 0 bridgehead atoms. The Morgan fingerprint density at radius 1 is 1.32 bits per heavy atom. The fraction of sp³-hybridized carbons (Fsp3) is 0.267. The Kier molecular flexibility index (Phi) is 4.15. The maximum Gasteiger partial charge on any atom is 0.120 e. The molecule has 3 nitrogen and oxygen atoms in total. The van der Waals surface area contributed by atoms with Gasteiger partial charge >= 0.3 is 0 Å². The Morgan fingerprint density at radius 2 is 2.05 bits per heavy atom. The molecule has 0 aliphatic heterocycles. The second-order valence-electron chi connectivity index (χ2n) is 4.62. The van der Waals surface area contributed by atoms with Gasteiger partial charge in [0.2, 0.25) is 0 Å². The summed E-state index contributed by atoms with van der Waals surface area (Å²) in [7, 11) is 1.92. The van der Waals surface area contributed by atoms with Gasteiger partial charge in [-0.1, -0.05) is 0 Å². The Morgan fingerprint density at radius 3 is 2.63 bits per heavy atom. The van der Waals surface area contributed by atoms with Gasteiger partial charge in [-0.2, -0.15) is 5.26 Å². The minimum atomic E-state index is 0.702. The second kappa shape index (κ2) is 5.66. The number of aromatic nitrogens is 1. The topological polar surface area (TPSA) is 40.8 Å². The van der Waals surface area contributed by atoms with E-state index in [4.69, 9.17) is 5.26 Å². The van der Waals surface area contributed by atoms with Crippen molar-refractivity contribution in [3.63, 3.8) is 0 Å². The van der Waals surface area contributed by atoms with Crippen LogP contribution in [0.4, 0.5) is 5.69 Å². The van der Waals surface area contributed by atoms with Crippen LogP contribution in [0.25, 0.3) is 0 Å². The average Bonchev–Trinajstić information content (AvgIpc) is 2.65. The summed E-state index contributed by atoms with van der Waals surface area (Å²) in [6.45, 7) is 4.88. The predicted octanol–water partition coefficient (Wildman–Crippen LogP) is 3.73. The van der Waals surface area contributed by atoms with Gasteiger partial charge in [0.1, 0.15) is 11.8 Å². The van der Waals surface area contributed by atoms with Crippen LogP contribution in [-0.2, 0) is 13.6 Å². The molecule has 0 fully saturated rings. The van der Waals surface area contributed by atoms with Gasteiger partial charge in [-0.15, -0.1) is 0 Å². The fourth-order valence-electron chi connectivity index (χ4n) is 2.06. The third kappa shape index (κ3) is 2.92. The first-order valence-corrected chi connectivity index (χ1v) is 7.16. The zero-order chi connectivity index (χ0) is 14.0. The van der Waals surface area contributed by atoms with E-state index in [0.717, 1.165) is 23.5 Å². The summed E-state index contributed by atoms with van der Waals surface area (Å²) in [6, 6.07) is 10.5. The molecule has 1 N–H and O–H groups in total. The number of aryl methyl sites for hydroxylation is 1. The quantitative estimate of drug-likeness (QED) is 0.843. The maximum absolute atomic E-state index is 9.02. The minimum Gasteiger partial charge on any atom is -0.381 e. The molecule has 0 saturated heterocycles. The van der Waals surface area contributed by atoms with Crippen molar-refractivity contribution in [2.75, 3.05) is 5.32 Å². The molecule has 98 valence electrons. The lowest BCUT2D eigenvalue weighted by molar-refractivity contribution is 0.856. The lowest BCUT2D eigenvalue weighted by atomic mass is 10.2. The molecule has 0 spiro atoms. The highest BCUT2D eigenvalue weighted by atomic mass is 127. The van der Waals surface area contributed by atoms with Gasteiger partial charge in [-0.3, -0.25) is 0 Å². The van der Waals surface area contributed by atoms with Crippen molar-refractivity contribution in [3.8, 4) is 6.07 Å².